The van der Waals surface area contributed by atoms with Gasteiger partial charge in [-0.25, -0.2) is 4.39 Å². The summed E-state index contributed by atoms with van der Waals surface area (Å²) in [7, 11) is 0. The minimum Gasteiger partial charge on any atom is -0.508 e. The van der Waals surface area contributed by atoms with Crippen LogP contribution in [0, 0.1) is 12.7 Å². The maximum absolute atomic E-state index is 13.5. The molecule has 0 spiro atoms. The molecule has 2 aromatic rings. The van der Waals surface area contributed by atoms with Gasteiger partial charge in [-0.15, -0.1) is 0 Å². The van der Waals surface area contributed by atoms with Crippen molar-refractivity contribution in [2.24, 2.45) is 0 Å². The predicted molar refractivity (Wildman–Crippen MR) is 75.3 cm³/mol. The number of hydrogen-bond donors (Lipinski definition) is 2. The molecule has 0 heterocycles. The molecule has 2 aromatic carbocycles. The van der Waals surface area contributed by atoms with Gasteiger partial charge < -0.3 is 10.4 Å². The molecule has 0 bridgehead atoms. The Morgan fingerprint density at radius 1 is 1.25 bits per heavy atom. The van der Waals surface area contributed by atoms with Crippen LogP contribution in [0.1, 0.15) is 21.5 Å². The van der Waals surface area contributed by atoms with E-state index in [4.69, 9.17) is 5.11 Å². The first kappa shape index (κ1) is 14.1. The second kappa shape index (κ2) is 6.19. The molecule has 3 nitrogen and oxygen atoms in total. The molecule has 0 radical (unpaired) electrons. The van der Waals surface area contributed by atoms with Crippen molar-refractivity contribution in [3.63, 3.8) is 0 Å². The van der Waals surface area contributed by atoms with E-state index in [0.717, 1.165) is 17.2 Å². The lowest BCUT2D eigenvalue weighted by Crippen LogP contribution is -2.26. The summed E-state index contributed by atoms with van der Waals surface area (Å²) in [5, 5.41) is 11.8. The first-order chi connectivity index (χ1) is 9.58. The van der Waals surface area contributed by atoms with Crippen molar-refractivity contribution >= 4 is 5.91 Å². The third-order valence-electron chi connectivity index (χ3n) is 3.14. The fourth-order valence-corrected chi connectivity index (χ4v) is 1.98. The highest BCUT2D eigenvalue weighted by atomic mass is 19.1. The molecule has 4 heteroatoms. The zero-order chi connectivity index (χ0) is 14.5. The summed E-state index contributed by atoms with van der Waals surface area (Å²) >= 11 is 0. The first-order valence-electron chi connectivity index (χ1n) is 6.39. The molecule has 104 valence electrons. The third kappa shape index (κ3) is 3.35. The van der Waals surface area contributed by atoms with Crippen molar-refractivity contribution in [1.29, 1.82) is 0 Å². The van der Waals surface area contributed by atoms with Gasteiger partial charge in [-0.05, 0) is 36.6 Å². The number of aromatic hydroxyl groups is 1. The second-order valence-corrected chi connectivity index (χ2v) is 4.60. The van der Waals surface area contributed by atoms with Gasteiger partial charge in [0.1, 0.15) is 11.6 Å². The Hall–Kier alpha value is -2.36. The number of nitrogens with one attached hydrogen (secondary N) is 1. The Bertz CT molecular complexity index is 626. The number of phenols is 1. The maximum atomic E-state index is 13.5. The minimum atomic E-state index is -0.724. The average molecular weight is 273 g/mol. The highest BCUT2D eigenvalue weighted by Crippen LogP contribution is 2.15. The first-order valence-corrected chi connectivity index (χ1v) is 6.39. The number of halogens is 1. The minimum absolute atomic E-state index is 0.0624. The molecule has 0 aliphatic carbocycles. The van der Waals surface area contributed by atoms with Gasteiger partial charge in [0.2, 0.25) is 0 Å². The highest BCUT2D eigenvalue weighted by molar-refractivity contribution is 5.94. The third-order valence-corrected chi connectivity index (χ3v) is 3.14. The number of amides is 1. The molecular weight excluding hydrogens is 257 g/mol. The van der Waals surface area contributed by atoms with E-state index in [1.54, 1.807) is 0 Å². The zero-order valence-corrected chi connectivity index (χ0v) is 11.2. The van der Waals surface area contributed by atoms with Gasteiger partial charge in [0.05, 0.1) is 5.56 Å². The molecule has 0 saturated carbocycles. The number of phenolic OH excluding ortho intramolecular Hbond substituents is 1. The molecule has 0 atom stereocenters. The fraction of sp³-hybridized carbons (Fsp3) is 0.188. The monoisotopic (exact) mass is 273 g/mol. The van der Waals surface area contributed by atoms with E-state index >= 15 is 0 Å². The molecule has 0 fully saturated rings. The summed E-state index contributed by atoms with van der Waals surface area (Å²) in [6.07, 6.45) is 0.693. The molecule has 2 rings (SSSR count). The Balaban J connectivity index is 1.94. The number of benzene rings is 2. The molecule has 0 saturated heterocycles. The SMILES string of the molecule is Cc1ccccc1CCNC(=O)c1ccc(O)cc1F. The quantitative estimate of drug-likeness (QED) is 0.900. The molecule has 0 aliphatic heterocycles. The van der Waals surface area contributed by atoms with Crippen LogP contribution in [0.5, 0.6) is 5.75 Å². The molecule has 0 aromatic heterocycles. The standard InChI is InChI=1S/C16H16FNO2/c1-11-4-2-3-5-12(11)8-9-18-16(20)14-7-6-13(19)10-15(14)17/h2-7,10,19H,8-9H2,1H3,(H,18,20). The van der Waals surface area contributed by atoms with Crippen molar-refractivity contribution in [3.8, 4) is 5.75 Å². The smallest absolute Gasteiger partial charge is 0.254 e. The summed E-state index contributed by atoms with van der Waals surface area (Å²) in [6, 6.07) is 11.4. The normalized spacial score (nSPS) is 10.3. The van der Waals surface area contributed by atoms with Crippen molar-refractivity contribution in [3.05, 3.63) is 65.0 Å². The summed E-state index contributed by atoms with van der Waals surface area (Å²) in [6.45, 7) is 2.45. The van der Waals surface area contributed by atoms with Crippen molar-refractivity contribution in [2.75, 3.05) is 6.54 Å². The Kier molecular flexibility index (Phi) is 4.35. The predicted octanol–water partition coefficient (Wildman–Crippen LogP) is 2.81. The van der Waals surface area contributed by atoms with Gasteiger partial charge in [0.25, 0.3) is 5.91 Å². The van der Waals surface area contributed by atoms with Gasteiger partial charge in [-0.1, -0.05) is 24.3 Å². The largest absolute Gasteiger partial charge is 0.508 e. The molecule has 0 aliphatic rings. The van der Waals surface area contributed by atoms with Crippen LogP contribution < -0.4 is 5.32 Å². The lowest BCUT2D eigenvalue weighted by molar-refractivity contribution is 0.0950. The Morgan fingerprint density at radius 2 is 2.00 bits per heavy atom. The van der Waals surface area contributed by atoms with Crippen molar-refractivity contribution in [2.45, 2.75) is 13.3 Å². The van der Waals surface area contributed by atoms with E-state index in [-0.39, 0.29) is 11.3 Å². The van der Waals surface area contributed by atoms with Crippen LogP contribution >= 0.6 is 0 Å². The summed E-state index contributed by atoms with van der Waals surface area (Å²) in [4.78, 5) is 11.8. The van der Waals surface area contributed by atoms with Crippen LogP contribution in [0.15, 0.2) is 42.5 Å². The van der Waals surface area contributed by atoms with Crippen LogP contribution in [-0.4, -0.2) is 17.6 Å². The van der Waals surface area contributed by atoms with Crippen molar-refractivity contribution < 1.29 is 14.3 Å². The van der Waals surface area contributed by atoms with Crippen LogP contribution in [0.25, 0.3) is 0 Å². The fourth-order valence-electron chi connectivity index (χ4n) is 1.98. The van der Waals surface area contributed by atoms with E-state index in [2.05, 4.69) is 5.32 Å². The van der Waals surface area contributed by atoms with Gasteiger partial charge in [-0.3, -0.25) is 4.79 Å². The van der Waals surface area contributed by atoms with Gasteiger partial charge in [-0.2, -0.15) is 0 Å². The average Bonchev–Trinajstić information content (AvgIpc) is 2.40. The zero-order valence-electron chi connectivity index (χ0n) is 11.2. The number of hydrogen-bond acceptors (Lipinski definition) is 2. The van der Waals surface area contributed by atoms with Gasteiger partial charge >= 0.3 is 0 Å². The maximum Gasteiger partial charge on any atom is 0.254 e. The van der Waals surface area contributed by atoms with Crippen LogP contribution in [0.3, 0.4) is 0 Å². The van der Waals surface area contributed by atoms with E-state index in [1.807, 2.05) is 31.2 Å². The topological polar surface area (TPSA) is 49.3 Å². The molecule has 2 N–H and O–H groups in total. The van der Waals surface area contributed by atoms with Crippen LogP contribution in [0.2, 0.25) is 0 Å². The van der Waals surface area contributed by atoms with E-state index in [0.29, 0.717) is 13.0 Å². The molecule has 0 unspecified atom stereocenters. The number of carbonyl (C=O) groups excluding carboxylic acids is 1. The number of rotatable bonds is 4. The van der Waals surface area contributed by atoms with Crippen molar-refractivity contribution in [1.82, 2.24) is 5.32 Å². The summed E-state index contributed by atoms with van der Waals surface area (Å²) < 4.78 is 13.5. The van der Waals surface area contributed by atoms with Gasteiger partial charge in [0.15, 0.2) is 0 Å². The van der Waals surface area contributed by atoms with E-state index in [1.165, 1.54) is 12.1 Å². The van der Waals surface area contributed by atoms with E-state index in [9.17, 15) is 9.18 Å². The summed E-state index contributed by atoms with van der Waals surface area (Å²) in [5.74, 6) is -1.39. The highest BCUT2D eigenvalue weighted by Gasteiger charge is 2.11. The van der Waals surface area contributed by atoms with Crippen LogP contribution in [-0.2, 0) is 6.42 Å². The Morgan fingerprint density at radius 3 is 2.70 bits per heavy atom. The lowest BCUT2D eigenvalue weighted by atomic mass is 10.1. The molecular formula is C16H16FNO2. The Labute approximate surface area is 117 Å². The van der Waals surface area contributed by atoms with E-state index < -0.39 is 11.7 Å². The summed E-state index contributed by atoms with van der Waals surface area (Å²) in [5.41, 5.74) is 2.25. The van der Waals surface area contributed by atoms with Crippen LogP contribution in [0.4, 0.5) is 4.39 Å². The molecule has 20 heavy (non-hydrogen) atoms. The number of carbonyl (C=O) groups is 1. The number of aryl methyl sites for hydroxylation is 1. The lowest BCUT2D eigenvalue weighted by Gasteiger charge is -2.08. The molecule has 1 amide bonds. The van der Waals surface area contributed by atoms with Gasteiger partial charge in [0, 0.05) is 12.6 Å². The second-order valence-electron chi connectivity index (χ2n) is 4.60.